The summed E-state index contributed by atoms with van der Waals surface area (Å²) < 4.78 is 6.51. The van der Waals surface area contributed by atoms with Crippen molar-refractivity contribution < 1.29 is 19.1 Å². The van der Waals surface area contributed by atoms with Crippen LogP contribution in [0.3, 0.4) is 0 Å². The summed E-state index contributed by atoms with van der Waals surface area (Å²) in [7, 11) is 0. The van der Waals surface area contributed by atoms with Crippen LogP contribution in [-0.4, -0.2) is 39.2 Å². The van der Waals surface area contributed by atoms with Crippen LogP contribution in [0.5, 0.6) is 0 Å². The molecule has 0 aliphatic carbocycles. The lowest BCUT2D eigenvalue weighted by atomic mass is 10.1. The first kappa shape index (κ1) is 20.3. The topological polar surface area (TPSA) is 98.6 Å². The second kappa shape index (κ2) is 8.16. The quantitative estimate of drug-likeness (QED) is 0.350. The molecule has 0 N–H and O–H groups in total. The van der Waals surface area contributed by atoms with Gasteiger partial charge in [0, 0.05) is 5.39 Å². The molecule has 0 spiro atoms. The summed E-state index contributed by atoms with van der Waals surface area (Å²) in [6.45, 7) is -0.387. The van der Waals surface area contributed by atoms with E-state index in [1.54, 1.807) is 48.5 Å². The number of benzene rings is 3. The van der Waals surface area contributed by atoms with Crippen molar-refractivity contribution in [1.29, 1.82) is 0 Å². The van der Waals surface area contributed by atoms with Crippen molar-refractivity contribution in [2.75, 3.05) is 6.73 Å². The molecule has 1 aliphatic rings. The second-order valence-corrected chi connectivity index (χ2v) is 7.49. The fraction of sp³-hybridized carbons (Fsp3) is 0.0800. The maximum Gasteiger partial charge on any atom is 0.361 e. The number of carbonyl (C=O) groups excluding carboxylic acids is 3. The van der Waals surface area contributed by atoms with Gasteiger partial charge in [0.05, 0.1) is 23.1 Å². The molecule has 8 nitrogen and oxygen atoms in total. The van der Waals surface area contributed by atoms with Crippen LogP contribution in [0.4, 0.5) is 0 Å². The zero-order valence-electron chi connectivity index (χ0n) is 17.3. The van der Waals surface area contributed by atoms with Crippen molar-refractivity contribution in [2.24, 2.45) is 0 Å². The van der Waals surface area contributed by atoms with Crippen LogP contribution in [-0.2, 0) is 11.3 Å². The highest BCUT2D eigenvalue weighted by molar-refractivity contribution is 6.21. The predicted octanol–water partition coefficient (Wildman–Crippen LogP) is 2.86. The van der Waals surface area contributed by atoms with E-state index in [2.05, 4.69) is 5.10 Å². The highest BCUT2D eigenvalue weighted by Crippen LogP contribution is 2.22. The van der Waals surface area contributed by atoms with Crippen molar-refractivity contribution in [3.8, 4) is 0 Å². The third kappa shape index (κ3) is 3.57. The summed E-state index contributed by atoms with van der Waals surface area (Å²) >= 11 is 0. The van der Waals surface area contributed by atoms with E-state index in [1.807, 2.05) is 30.3 Å². The van der Waals surface area contributed by atoms with Crippen molar-refractivity contribution in [2.45, 2.75) is 6.54 Å². The zero-order chi connectivity index (χ0) is 22.9. The van der Waals surface area contributed by atoms with Gasteiger partial charge in [-0.1, -0.05) is 60.7 Å². The first-order chi connectivity index (χ1) is 16.0. The minimum Gasteiger partial charge on any atom is -0.439 e. The van der Waals surface area contributed by atoms with E-state index in [0.29, 0.717) is 10.8 Å². The number of ether oxygens (including phenoxy) is 1. The van der Waals surface area contributed by atoms with Gasteiger partial charge in [-0.2, -0.15) is 5.10 Å². The SMILES string of the molecule is O=C(OCN1C(=O)c2ccccc2C1=O)c1nn(Cc2ccccc2)c(=O)c2ccccc12. The van der Waals surface area contributed by atoms with Crippen LogP contribution < -0.4 is 5.56 Å². The fourth-order valence-corrected chi connectivity index (χ4v) is 3.80. The number of amides is 2. The Bertz CT molecular complexity index is 1440. The Morgan fingerprint density at radius 3 is 2.00 bits per heavy atom. The lowest BCUT2D eigenvalue weighted by Crippen LogP contribution is -2.34. The number of imide groups is 1. The molecular weight excluding hydrogens is 422 g/mol. The maximum absolute atomic E-state index is 13.0. The van der Waals surface area contributed by atoms with Crippen molar-refractivity contribution in [1.82, 2.24) is 14.7 Å². The average Bonchev–Trinajstić information content (AvgIpc) is 3.09. The van der Waals surface area contributed by atoms with E-state index < -0.39 is 24.5 Å². The van der Waals surface area contributed by atoms with Gasteiger partial charge in [-0.25, -0.2) is 14.4 Å². The zero-order valence-corrected chi connectivity index (χ0v) is 17.3. The molecule has 4 aromatic rings. The van der Waals surface area contributed by atoms with Crippen LogP contribution in [0.25, 0.3) is 10.8 Å². The molecular formula is C25H17N3O5. The van der Waals surface area contributed by atoms with Gasteiger partial charge in [0.1, 0.15) is 0 Å². The van der Waals surface area contributed by atoms with Crippen LogP contribution in [0.15, 0.2) is 83.7 Å². The standard InChI is InChI=1S/C25H17N3O5/c29-22-19-12-6-7-13-20(19)23(30)27(22)15-33-25(32)21-17-10-4-5-11-18(17)24(31)28(26-21)14-16-8-2-1-3-9-16/h1-13H,14-15H2. The third-order valence-electron chi connectivity index (χ3n) is 5.44. The number of hydrogen-bond donors (Lipinski definition) is 0. The number of aromatic nitrogens is 2. The molecule has 0 unspecified atom stereocenters. The maximum atomic E-state index is 13.0. The number of hydrogen-bond acceptors (Lipinski definition) is 6. The Balaban J connectivity index is 1.45. The highest BCUT2D eigenvalue weighted by atomic mass is 16.5. The van der Waals surface area contributed by atoms with Crippen molar-refractivity contribution in [3.05, 3.63) is 112 Å². The van der Waals surface area contributed by atoms with E-state index in [9.17, 15) is 19.2 Å². The lowest BCUT2D eigenvalue weighted by Gasteiger charge is -2.15. The van der Waals surface area contributed by atoms with Gasteiger partial charge in [0.2, 0.25) is 0 Å². The molecule has 8 heteroatoms. The summed E-state index contributed by atoms with van der Waals surface area (Å²) in [5.74, 6) is -1.91. The molecule has 33 heavy (non-hydrogen) atoms. The Morgan fingerprint density at radius 1 is 0.758 bits per heavy atom. The summed E-state index contributed by atoms with van der Waals surface area (Å²) in [6.07, 6.45) is 0. The minimum absolute atomic E-state index is 0.0715. The molecule has 2 amide bonds. The van der Waals surface area contributed by atoms with Gasteiger partial charge in [0.15, 0.2) is 12.4 Å². The number of nitrogens with zero attached hydrogens (tertiary/aromatic N) is 3. The molecule has 3 aromatic carbocycles. The third-order valence-corrected chi connectivity index (χ3v) is 5.44. The average molecular weight is 439 g/mol. The number of carbonyl (C=O) groups is 3. The lowest BCUT2D eigenvalue weighted by molar-refractivity contribution is 0.0223. The van der Waals surface area contributed by atoms with Gasteiger partial charge >= 0.3 is 5.97 Å². The van der Waals surface area contributed by atoms with E-state index in [4.69, 9.17) is 4.74 Å². The monoisotopic (exact) mass is 439 g/mol. The molecule has 5 rings (SSSR count). The molecule has 0 saturated heterocycles. The smallest absolute Gasteiger partial charge is 0.361 e. The summed E-state index contributed by atoms with van der Waals surface area (Å²) in [4.78, 5) is 51.8. The molecule has 0 saturated carbocycles. The normalized spacial score (nSPS) is 12.8. The van der Waals surface area contributed by atoms with Crippen LogP contribution in [0.2, 0.25) is 0 Å². The Hall–Kier alpha value is -4.59. The number of esters is 1. The number of fused-ring (bicyclic) bond motifs is 2. The van der Waals surface area contributed by atoms with Gasteiger partial charge in [-0.3, -0.25) is 14.4 Å². The largest absolute Gasteiger partial charge is 0.439 e. The molecule has 0 fully saturated rings. The summed E-state index contributed by atoms with van der Waals surface area (Å²) in [5, 5.41) is 4.91. The first-order valence-electron chi connectivity index (χ1n) is 10.2. The minimum atomic E-state index is -0.843. The molecule has 0 bridgehead atoms. The van der Waals surface area contributed by atoms with Crippen molar-refractivity contribution in [3.63, 3.8) is 0 Å². The Labute approximate surface area is 187 Å². The summed E-state index contributed by atoms with van der Waals surface area (Å²) in [5.41, 5.74) is 0.953. The van der Waals surface area contributed by atoms with Gasteiger partial charge in [-0.15, -0.1) is 0 Å². The molecule has 0 atom stereocenters. The van der Waals surface area contributed by atoms with E-state index in [0.717, 1.165) is 10.5 Å². The van der Waals surface area contributed by atoms with Crippen LogP contribution >= 0.6 is 0 Å². The Morgan fingerprint density at radius 2 is 1.33 bits per heavy atom. The van der Waals surface area contributed by atoms with E-state index in [1.165, 1.54) is 4.68 Å². The molecule has 1 aliphatic heterocycles. The van der Waals surface area contributed by atoms with E-state index >= 15 is 0 Å². The van der Waals surface area contributed by atoms with E-state index in [-0.39, 0.29) is 28.9 Å². The van der Waals surface area contributed by atoms with Gasteiger partial charge in [0.25, 0.3) is 17.4 Å². The summed E-state index contributed by atoms with van der Waals surface area (Å²) in [6, 6.07) is 22.3. The molecule has 2 heterocycles. The molecule has 162 valence electrons. The van der Waals surface area contributed by atoms with Crippen molar-refractivity contribution >= 4 is 28.6 Å². The molecule has 1 aromatic heterocycles. The Kier molecular flexibility index (Phi) is 5.02. The van der Waals surface area contributed by atoms with Gasteiger partial charge < -0.3 is 4.74 Å². The predicted molar refractivity (Wildman–Crippen MR) is 119 cm³/mol. The van der Waals surface area contributed by atoms with Crippen LogP contribution in [0.1, 0.15) is 36.8 Å². The molecule has 0 radical (unpaired) electrons. The van der Waals surface area contributed by atoms with Crippen LogP contribution in [0, 0.1) is 0 Å². The second-order valence-electron chi connectivity index (χ2n) is 7.49. The number of rotatable bonds is 5. The first-order valence-corrected chi connectivity index (χ1v) is 10.2. The van der Waals surface area contributed by atoms with Gasteiger partial charge in [-0.05, 0) is 23.8 Å². The fourth-order valence-electron chi connectivity index (χ4n) is 3.80. The highest BCUT2D eigenvalue weighted by Gasteiger charge is 2.36.